The number of carbonyl (C=O) groups is 2. The van der Waals surface area contributed by atoms with E-state index in [1.165, 1.54) is 18.2 Å². The highest BCUT2D eigenvalue weighted by Crippen LogP contribution is 2.42. The van der Waals surface area contributed by atoms with E-state index in [1.54, 1.807) is 12.1 Å². The number of anilines is 2. The summed E-state index contributed by atoms with van der Waals surface area (Å²) in [5.74, 6) is -0.616. The van der Waals surface area contributed by atoms with E-state index < -0.39 is 12.2 Å². The van der Waals surface area contributed by atoms with Gasteiger partial charge in [0.1, 0.15) is 0 Å². The third kappa shape index (κ3) is 3.41. The minimum absolute atomic E-state index is 0.0366. The standard InChI is InChI=1S/C16H12F2N2O4S/c17-16(18)23-10-4-3-9(7-11(10)24-16)19-15(22)12-5-6-13(25-12)20-14(21)8-1-2-8/h3-8H,1-2H2,(H,19,22)(H,20,21). The van der Waals surface area contributed by atoms with Crippen LogP contribution in [0.15, 0.2) is 30.3 Å². The number of hydrogen-bond acceptors (Lipinski definition) is 5. The number of thiophene rings is 1. The summed E-state index contributed by atoms with van der Waals surface area (Å²) in [4.78, 5) is 24.4. The van der Waals surface area contributed by atoms with Crippen molar-refractivity contribution in [1.82, 2.24) is 0 Å². The maximum atomic E-state index is 13.0. The van der Waals surface area contributed by atoms with Crippen LogP contribution < -0.4 is 20.1 Å². The highest BCUT2D eigenvalue weighted by atomic mass is 32.1. The fourth-order valence-corrected chi connectivity index (χ4v) is 3.12. The van der Waals surface area contributed by atoms with Crippen molar-refractivity contribution in [2.75, 3.05) is 10.6 Å². The molecule has 0 unspecified atom stereocenters. The van der Waals surface area contributed by atoms with E-state index >= 15 is 0 Å². The first kappa shape index (κ1) is 15.8. The zero-order valence-corrected chi connectivity index (χ0v) is 13.5. The van der Waals surface area contributed by atoms with Gasteiger partial charge in [-0.2, -0.15) is 0 Å². The predicted molar refractivity (Wildman–Crippen MR) is 86.3 cm³/mol. The molecular weight excluding hydrogens is 354 g/mol. The molecule has 2 heterocycles. The van der Waals surface area contributed by atoms with Crippen molar-refractivity contribution in [2.45, 2.75) is 19.1 Å². The molecular formula is C16H12F2N2O4S. The largest absolute Gasteiger partial charge is 0.586 e. The van der Waals surface area contributed by atoms with Crippen molar-refractivity contribution in [3.63, 3.8) is 0 Å². The first-order valence-corrected chi connectivity index (χ1v) is 8.33. The van der Waals surface area contributed by atoms with Crippen molar-refractivity contribution in [3.8, 4) is 11.5 Å². The molecule has 0 radical (unpaired) electrons. The second kappa shape index (κ2) is 5.69. The first-order chi connectivity index (χ1) is 11.9. The fourth-order valence-electron chi connectivity index (χ4n) is 2.32. The lowest BCUT2D eigenvalue weighted by molar-refractivity contribution is -0.286. The molecule has 2 aliphatic rings. The number of ether oxygens (including phenoxy) is 2. The summed E-state index contributed by atoms with van der Waals surface area (Å²) < 4.78 is 34.6. The Hall–Kier alpha value is -2.68. The van der Waals surface area contributed by atoms with Gasteiger partial charge in [-0.25, -0.2) is 0 Å². The van der Waals surface area contributed by atoms with Crippen LogP contribution in [0.1, 0.15) is 22.5 Å². The highest BCUT2D eigenvalue weighted by Gasteiger charge is 2.43. The van der Waals surface area contributed by atoms with E-state index in [2.05, 4.69) is 20.1 Å². The number of carbonyl (C=O) groups excluding carboxylic acids is 2. The maximum absolute atomic E-state index is 13.0. The molecule has 0 bridgehead atoms. The molecule has 1 aliphatic heterocycles. The summed E-state index contributed by atoms with van der Waals surface area (Å²) >= 11 is 1.14. The third-order valence-electron chi connectivity index (χ3n) is 3.68. The molecule has 1 saturated carbocycles. The average Bonchev–Trinajstić information content (AvgIpc) is 3.21. The van der Waals surface area contributed by atoms with Crippen LogP contribution in [0.4, 0.5) is 19.5 Å². The van der Waals surface area contributed by atoms with Crippen LogP contribution in [0.3, 0.4) is 0 Å². The van der Waals surface area contributed by atoms with Gasteiger partial charge >= 0.3 is 6.29 Å². The normalized spacial score (nSPS) is 17.2. The molecule has 0 saturated heterocycles. The van der Waals surface area contributed by atoms with Crippen LogP contribution in [0, 0.1) is 5.92 Å². The summed E-state index contributed by atoms with van der Waals surface area (Å²) in [6, 6.07) is 7.23. The van der Waals surface area contributed by atoms with Gasteiger partial charge in [0, 0.05) is 17.7 Å². The minimum Gasteiger partial charge on any atom is -0.395 e. The van der Waals surface area contributed by atoms with Crippen LogP contribution in [-0.2, 0) is 4.79 Å². The van der Waals surface area contributed by atoms with Crippen LogP contribution in [0.25, 0.3) is 0 Å². The van der Waals surface area contributed by atoms with Crippen LogP contribution in [-0.4, -0.2) is 18.1 Å². The number of nitrogens with one attached hydrogen (secondary N) is 2. The second-order valence-corrected chi connectivity index (χ2v) is 6.79. The molecule has 2 aromatic rings. The van der Waals surface area contributed by atoms with Crippen molar-refractivity contribution in [3.05, 3.63) is 35.2 Å². The number of benzene rings is 1. The van der Waals surface area contributed by atoms with E-state index in [4.69, 9.17) is 0 Å². The molecule has 1 fully saturated rings. The van der Waals surface area contributed by atoms with Gasteiger partial charge in [0.25, 0.3) is 5.91 Å². The van der Waals surface area contributed by atoms with Gasteiger partial charge < -0.3 is 20.1 Å². The fraction of sp³-hybridized carbons (Fsp3) is 0.250. The van der Waals surface area contributed by atoms with Gasteiger partial charge in [0.2, 0.25) is 5.91 Å². The lowest BCUT2D eigenvalue weighted by atomic mass is 10.2. The van der Waals surface area contributed by atoms with Crippen LogP contribution in [0.5, 0.6) is 11.5 Å². The quantitative estimate of drug-likeness (QED) is 0.866. The Morgan fingerprint density at radius 2 is 1.84 bits per heavy atom. The second-order valence-electron chi connectivity index (χ2n) is 5.71. The van der Waals surface area contributed by atoms with E-state index in [-0.39, 0.29) is 23.3 Å². The van der Waals surface area contributed by atoms with Crippen molar-refractivity contribution < 1.29 is 27.8 Å². The van der Waals surface area contributed by atoms with Crippen molar-refractivity contribution >= 4 is 33.8 Å². The smallest absolute Gasteiger partial charge is 0.395 e. The minimum atomic E-state index is -3.70. The number of amides is 2. The molecule has 0 spiro atoms. The van der Waals surface area contributed by atoms with E-state index in [1.807, 2.05) is 0 Å². The Balaban J connectivity index is 1.42. The molecule has 130 valence electrons. The van der Waals surface area contributed by atoms with Crippen LogP contribution in [0.2, 0.25) is 0 Å². The molecule has 6 nitrogen and oxygen atoms in total. The Kier molecular flexibility index (Phi) is 3.60. The molecule has 0 atom stereocenters. The van der Waals surface area contributed by atoms with Gasteiger partial charge in [-0.15, -0.1) is 20.1 Å². The lowest BCUT2D eigenvalue weighted by Crippen LogP contribution is -2.25. The SMILES string of the molecule is O=C(Nc1ccc2c(c1)OC(F)(F)O2)c1ccc(NC(=O)C2CC2)s1. The number of alkyl halides is 2. The summed E-state index contributed by atoms with van der Waals surface area (Å²) in [6.45, 7) is 0. The van der Waals surface area contributed by atoms with Crippen molar-refractivity contribution in [1.29, 1.82) is 0 Å². The monoisotopic (exact) mass is 366 g/mol. The molecule has 1 aromatic carbocycles. The number of hydrogen-bond donors (Lipinski definition) is 2. The lowest BCUT2D eigenvalue weighted by Gasteiger charge is -2.05. The zero-order chi connectivity index (χ0) is 17.6. The van der Waals surface area contributed by atoms with Gasteiger partial charge in [0.05, 0.1) is 9.88 Å². The Morgan fingerprint density at radius 3 is 2.60 bits per heavy atom. The van der Waals surface area contributed by atoms with Crippen LogP contribution >= 0.6 is 11.3 Å². The Labute approximate surface area is 144 Å². The van der Waals surface area contributed by atoms with Crippen molar-refractivity contribution in [2.24, 2.45) is 5.92 Å². The topological polar surface area (TPSA) is 76.7 Å². The molecule has 25 heavy (non-hydrogen) atoms. The Bertz CT molecular complexity index is 864. The molecule has 1 aromatic heterocycles. The Morgan fingerprint density at radius 1 is 1.08 bits per heavy atom. The molecule has 2 N–H and O–H groups in total. The summed E-state index contributed by atoms with van der Waals surface area (Å²) in [7, 11) is 0. The summed E-state index contributed by atoms with van der Waals surface area (Å²) in [5.41, 5.74) is 0.294. The number of fused-ring (bicyclic) bond motifs is 1. The zero-order valence-electron chi connectivity index (χ0n) is 12.7. The average molecular weight is 366 g/mol. The number of rotatable bonds is 4. The molecule has 4 rings (SSSR count). The summed E-state index contributed by atoms with van der Waals surface area (Å²) in [5, 5.41) is 5.95. The van der Waals surface area contributed by atoms with E-state index in [0.717, 1.165) is 24.2 Å². The van der Waals surface area contributed by atoms with E-state index in [9.17, 15) is 18.4 Å². The highest BCUT2D eigenvalue weighted by molar-refractivity contribution is 7.18. The van der Waals surface area contributed by atoms with Gasteiger partial charge in [-0.05, 0) is 37.1 Å². The molecule has 9 heteroatoms. The van der Waals surface area contributed by atoms with Gasteiger partial charge in [0.15, 0.2) is 11.5 Å². The predicted octanol–water partition coefficient (Wildman–Crippen LogP) is 3.67. The maximum Gasteiger partial charge on any atom is 0.586 e. The third-order valence-corrected chi connectivity index (χ3v) is 4.68. The van der Waals surface area contributed by atoms with Gasteiger partial charge in [-0.3, -0.25) is 9.59 Å². The number of halogens is 2. The first-order valence-electron chi connectivity index (χ1n) is 7.51. The molecule has 2 amide bonds. The summed E-state index contributed by atoms with van der Waals surface area (Å²) in [6.07, 6.45) is -1.91. The van der Waals surface area contributed by atoms with E-state index in [0.29, 0.717) is 15.6 Å². The molecule has 1 aliphatic carbocycles. The van der Waals surface area contributed by atoms with Gasteiger partial charge in [-0.1, -0.05) is 0 Å².